The van der Waals surface area contributed by atoms with Gasteiger partial charge < -0.3 is 9.47 Å². The highest BCUT2D eigenvalue weighted by molar-refractivity contribution is 5.67. The van der Waals surface area contributed by atoms with Crippen molar-refractivity contribution in [3.63, 3.8) is 0 Å². The highest BCUT2D eigenvalue weighted by Crippen LogP contribution is 2.39. The maximum absolute atomic E-state index is 14.9. The number of rotatable bonds is 10. The first-order valence-corrected chi connectivity index (χ1v) is 12.3. The molecule has 0 N–H and O–H groups in total. The fraction of sp³-hybridized carbons (Fsp3) is 0.536. The van der Waals surface area contributed by atoms with Crippen molar-refractivity contribution >= 4 is 6.16 Å². The van der Waals surface area contributed by atoms with E-state index in [1.54, 1.807) is 30.3 Å². The zero-order chi connectivity index (χ0) is 22.8. The minimum absolute atomic E-state index is 0.195. The van der Waals surface area contributed by atoms with Crippen LogP contribution in [0.15, 0.2) is 42.5 Å². The van der Waals surface area contributed by atoms with E-state index in [1.807, 2.05) is 6.07 Å². The Kier molecular flexibility index (Phi) is 9.58. The van der Waals surface area contributed by atoms with Crippen LogP contribution in [0.2, 0.25) is 0 Å². The first kappa shape index (κ1) is 24.3. The van der Waals surface area contributed by atoms with Crippen LogP contribution in [0.5, 0.6) is 5.75 Å². The minimum atomic E-state index is -0.700. The largest absolute Gasteiger partial charge is 0.513 e. The molecule has 0 spiro atoms. The summed E-state index contributed by atoms with van der Waals surface area (Å²) in [7, 11) is 0. The van der Waals surface area contributed by atoms with Crippen LogP contribution in [-0.2, 0) is 4.74 Å². The Balaban J connectivity index is 1.55. The van der Waals surface area contributed by atoms with Crippen LogP contribution in [0.4, 0.5) is 9.18 Å². The summed E-state index contributed by atoms with van der Waals surface area (Å²) in [5.74, 6) is 1.52. The summed E-state index contributed by atoms with van der Waals surface area (Å²) in [5, 5.41) is 0. The van der Waals surface area contributed by atoms with Gasteiger partial charge in [-0.15, -0.1) is 0 Å². The summed E-state index contributed by atoms with van der Waals surface area (Å²) in [6, 6.07) is 12.6. The zero-order valence-corrected chi connectivity index (χ0v) is 19.6. The van der Waals surface area contributed by atoms with E-state index in [-0.39, 0.29) is 5.82 Å². The molecule has 0 radical (unpaired) electrons. The van der Waals surface area contributed by atoms with Crippen LogP contribution in [-0.4, -0.2) is 12.8 Å². The Bertz CT molecular complexity index is 838. The number of hydrogen-bond acceptors (Lipinski definition) is 3. The molecule has 1 fully saturated rings. The number of unbranched alkanes of at least 4 members (excludes halogenated alkanes) is 3. The smallest absolute Gasteiger partial charge is 0.434 e. The van der Waals surface area contributed by atoms with Gasteiger partial charge in [0.2, 0.25) is 0 Å². The molecule has 1 aliphatic carbocycles. The van der Waals surface area contributed by atoms with E-state index >= 15 is 0 Å². The third kappa shape index (κ3) is 7.08. The molecule has 0 aliphatic heterocycles. The van der Waals surface area contributed by atoms with Gasteiger partial charge in [0.1, 0.15) is 11.6 Å². The SMILES string of the molecule is CCCCCOC(=O)Oc1ccc(-c2ccc(C3CCC(CCCC)CC3)cc2F)cc1. The van der Waals surface area contributed by atoms with E-state index in [0.29, 0.717) is 23.8 Å². The number of ether oxygens (including phenoxy) is 2. The Hall–Kier alpha value is -2.36. The molecule has 2 aromatic carbocycles. The van der Waals surface area contributed by atoms with E-state index < -0.39 is 6.16 Å². The summed E-state index contributed by atoms with van der Waals surface area (Å²) in [6.45, 7) is 4.71. The average Bonchev–Trinajstić information content (AvgIpc) is 2.81. The van der Waals surface area contributed by atoms with E-state index in [1.165, 1.54) is 32.1 Å². The summed E-state index contributed by atoms with van der Waals surface area (Å²) in [4.78, 5) is 11.7. The second-order valence-electron chi connectivity index (χ2n) is 9.03. The van der Waals surface area contributed by atoms with Crippen molar-refractivity contribution in [2.24, 2.45) is 5.92 Å². The molecule has 0 heterocycles. The molecular weight excluding hydrogens is 403 g/mol. The van der Waals surface area contributed by atoms with Crippen molar-refractivity contribution in [2.45, 2.75) is 84.0 Å². The molecule has 0 aromatic heterocycles. The fourth-order valence-electron chi connectivity index (χ4n) is 4.63. The molecule has 0 saturated heterocycles. The van der Waals surface area contributed by atoms with Gasteiger partial charge in [-0.05, 0) is 73.3 Å². The molecule has 4 heteroatoms. The lowest BCUT2D eigenvalue weighted by Gasteiger charge is -2.29. The fourth-order valence-corrected chi connectivity index (χ4v) is 4.63. The second kappa shape index (κ2) is 12.6. The maximum atomic E-state index is 14.9. The lowest BCUT2D eigenvalue weighted by Crippen LogP contribution is -2.13. The van der Waals surface area contributed by atoms with Gasteiger partial charge in [0.25, 0.3) is 0 Å². The third-order valence-corrected chi connectivity index (χ3v) is 6.61. The van der Waals surface area contributed by atoms with Gasteiger partial charge >= 0.3 is 6.16 Å². The van der Waals surface area contributed by atoms with Crippen LogP contribution in [0.3, 0.4) is 0 Å². The monoisotopic (exact) mass is 440 g/mol. The van der Waals surface area contributed by atoms with Crippen LogP contribution in [0.25, 0.3) is 11.1 Å². The molecule has 3 nitrogen and oxygen atoms in total. The van der Waals surface area contributed by atoms with Crippen molar-refractivity contribution in [1.82, 2.24) is 0 Å². The number of hydrogen-bond donors (Lipinski definition) is 0. The lowest BCUT2D eigenvalue weighted by molar-refractivity contribution is 0.0974. The highest BCUT2D eigenvalue weighted by atomic mass is 19.1. The van der Waals surface area contributed by atoms with Gasteiger partial charge in [0, 0.05) is 5.56 Å². The molecule has 0 atom stereocenters. The highest BCUT2D eigenvalue weighted by Gasteiger charge is 2.22. The van der Waals surface area contributed by atoms with Crippen molar-refractivity contribution in [3.8, 4) is 16.9 Å². The molecule has 1 saturated carbocycles. The lowest BCUT2D eigenvalue weighted by atomic mass is 9.77. The van der Waals surface area contributed by atoms with Gasteiger partial charge in [-0.25, -0.2) is 9.18 Å². The van der Waals surface area contributed by atoms with Crippen LogP contribution in [0, 0.1) is 11.7 Å². The average molecular weight is 441 g/mol. The first-order valence-electron chi connectivity index (χ1n) is 12.3. The van der Waals surface area contributed by atoms with Crippen molar-refractivity contribution in [3.05, 3.63) is 53.8 Å². The molecule has 174 valence electrons. The van der Waals surface area contributed by atoms with E-state index in [0.717, 1.165) is 49.1 Å². The number of carbonyl (C=O) groups excluding carboxylic acids is 1. The molecule has 32 heavy (non-hydrogen) atoms. The standard InChI is InChI=1S/C28H37FO3/c1-3-5-7-19-31-28(30)32-25-16-13-23(14-17-25)26-18-15-24(20-27(26)29)22-11-9-21(10-12-22)8-6-4-2/h13-18,20-22H,3-12,19H2,1-2H3. The predicted octanol–water partition coefficient (Wildman–Crippen LogP) is 8.66. The number of halogens is 1. The van der Waals surface area contributed by atoms with E-state index in [4.69, 9.17) is 9.47 Å². The molecule has 0 bridgehead atoms. The Morgan fingerprint density at radius 3 is 2.31 bits per heavy atom. The second-order valence-corrected chi connectivity index (χ2v) is 9.03. The Morgan fingerprint density at radius 2 is 1.66 bits per heavy atom. The molecule has 0 unspecified atom stereocenters. The normalized spacial score (nSPS) is 18.3. The topological polar surface area (TPSA) is 35.5 Å². The van der Waals surface area contributed by atoms with Gasteiger partial charge in [0.15, 0.2) is 0 Å². The summed E-state index contributed by atoms with van der Waals surface area (Å²) >= 11 is 0. The quantitative estimate of drug-likeness (QED) is 0.211. The van der Waals surface area contributed by atoms with Crippen LogP contribution >= 0.6 is 0 Å². The van der Waals surface area contributed by atoms with Gasteiger partial charge in [-0.2, -0.15) is 0 Å². The minimum Gasteiger partial charge on any atom is -0.434 e. The number of benzene rings is 2. The van der Waals surface area contributed by atoms with E-state index in [9.17, 15) is 9.18 Å². The maximum Gasteiger partial charge on any atom is 0.513 e. The van der Waals surface area contributed by atoms with Gasteiger partial charge in [0.05, 0.1) is 6.61 Å². The summed E-state index contributed by atoms with van der Waals surface area (Å²) in [6.07, 6.45) is 11.0. The predicted molar refractivity (Wildman–Crippen MR) is 128 cm³/mol. The number of carbonyl (C=O) groups is 1. The van der Waals surface area contributed by atoms with Crippen molar-refractivity contribution < 1.29 is 18.7 Å². The molecule has 2 aromatic rings. The van der Waals surface area contributed by atoms with Gasteiger partial charge in [-0.1, -0.05) is 70.2 Å². The molecule has 0 amide bonds. The first-order chi connectivity index (χ1) is 15.6. The van der Waals surface area contributed by atoms with Crippen molar-refractivity contribution in [2.75, 3.05) is 6.61 Å². The Labute approximate surface area is 192 Å². The Morgan fingerprint density at radius 1 is 0.938 bits per heavy atom. The third-order valence-electron chi connectivity index (χ3n) is 6.61. The van der Waals surface area contributed by atoms with Gasteiger partial charge in [-0.3, -0.25) is 0 Å². The summed E-state index contributed by atoms with van der Waals surface area (Å²) < 4.78 is 25.2. The summed E-state index contributed by atoms with van der Waals surface area (Å²) in [5.41, 5.74) is 2.45. The molecule has 1 aliphatic rings. The van der Waals surface area contributed by atoms with E-state index in [2.05, 4.69) is 19.9 Å². The molecular formula is C28H37FO3. The zero-order valence-electron chi connectivity index (χ0n) is 19.6. The molecule has 3 rings (SSSR count). The van der Waals surface area contributed by atoms with Crippen LogP contribution in [0.1, 0.15) is 89.5 Å². The van der Waals surface area contributed by atoms with Crippen LogP contribution < -0.4 is 4.74 Å². The van der Waals surface area contributed by atoms with Crippen molar-refractivity contribution in [1.29, 1.82) is 0 Å².